The molecule has 49 heteroatoms. The summed E-state index contributed by atoms with van der Waals surface area (Å²) in [5, 5.41) is 32.7. The lowest BCUT2D eigenvalue weighted by atomic mass is 10.1. The summed E-state index contributed by atoms with van der Waals surface area (Å²) in [6.45, 7) is 32.1. The molecule has 0 spiro atoms. The zero-order valence-corrected chi connectivity index (χ0v) is 92.2. The molecule has 36 nitrogen and oxygen atoms in total. The van der Waals surface area contributed by atoms with Gasteiger partial charge in [0.05, 0.1) is 136 Å². The molecule has 10 aromatic heterocycles. The summed E-state index contributed by atoms with van der Waals surface area (Å²) in [6.07, 6.45) is 1.56. The second kappa shape index (κ2) is 49.5. The maximum atomic E-state index is 13.1. The molecule has 15 aromatic rings. The smallest absolute Gasteiger partial charge is 0.434 e. The van der Waals surface area contributed by atoms with E-state index in [9.17, 15) is 37.1 Å². The van der Waals surface area contributed by atoms with Crippen LogP contribution in [0.15, 0.2) is 118 Å². The standard InChI is InChI=1S/C22H28N6O2S2.C22H27N5O2S2.C21H25N5O2S2.C19H23N5O2S2.C15H12F3N5O2S2/c1-13(2)30-18-6-5-15(20(23)29)11-16(18)25-21-26-17(12-31-21)19-14(3)24-22(32-19)28-9-7-27(4)8-10-28;1-13(2)29-18-8-7-15(20(23)28)11-16(18)25-21-26-17(12-30-21)19-14(3)24-22(31-19)27-9-5-4-6-10-27;1-12(2)28-17-7-6-14(19(22)27)10-15(17)24-20-25-16(11-29-20)18-13(3)23-21(30-18)26-8-4-5-9-26;1-10(2)26-15-7-6-12(17(20)25)8-13(15)22-18-23-14(9-27-18)16-11(3)21-19(28-16)24(4)5;1-25-9-3-2-6(12(19)24)4-7(9)21-14-22-8(5-26-14)10-11(15(16,17)18)23-13(20)27-10/h5-6,11-13H,7-10H2,1-4H3,(H2,23,29)(H,25,26);7-8,11-13H,4-6,9-10H2,1-3H3,(H2,23,28)(H,25,26);6-7,10-12H,4-5,8-9H2,1-3H3,(H2,22,27)(H,24,25);6-10H,1-5H3,(H2,20,25)(H,22,23);2-5H,1H3,(H2,19,24)(H2,20,23)(H,21,22). The number of piperazine rings is 1. The van der Waals surface area contributed by atoms with Crippen LogP contribution in [-0.2, 0) is 6.18 Å². The second-order valence-electron chi connectivity index (χ2n) is 35.4. The number of methoxy groups -OCH3 is 1. The number of hydrogen-bond acceptors (Lipinski definition) is 41. The molecule has 782 valence electrons. The number of thiazole rings is 10. The first-order chi connectivity index (χ1) is 70.5. The molecule has 0 saturated carbocycles. The Hall–Kier alpha value is -13.5. The highest BCUT2D eigenvalue weighted by molar-refractivity contribution is 7.22. The van der Waals surface area contributed by atoms with Crippen molar-refractivity contribution in [2.24, 2.45) is 28.7 Å². The summed E-state index contributed by atoms with van der Waals surface area (Å²) < 4.78 is 68.0. The Morgan fingerprint density at radius 2 is 0.622 bits per heavy atom. The van der Waals surface area contributed by atoms with Crippen LogP contribution in [0.25, 0.3) is 52.9 Å². The first-order valence-corrected chi connectivity index (χ1v) is 55.4. The first-order valence-electron chi connectivity index (χ1n) is 46.9. The minimum absolute atomic E-state index is 0.000107. The Bertz CT molecular complexity index is 7160. The SMILES string of the molecule is COc1ccc(C(N)=O)cc1Nc1nc(-c2sc(N)nc2C(F)(F)F)cs1.Cc1nc(N(C)C)sc1-c1csc(Nc2cc(C(N)=O)ccc2OC(C)C)n1.Cc1nc(N2CCCC2)sc1-c1csc(Nc2cc(C(N)=O)ccc2OC(C)C)n1.Cc1nc(N2CCCCC2)sc1-c1csc(Nc2cc(C(N)=O)ccc2OC(C)C)n1.Cc1nc(N2CCN(C)CC2)sc1-c1csc(Nc2cc(C(N)=O)ccc2OC(C)C)n1. The van der Waals surface area contributed by atoms with Crippen molar-refractivity contribution in [3.8, 4) is 81.6 Å². The number of nitrogens with two attached hydrogens (primary N) is 6. The third-order valence-corrected chi connectivity index (χ3v) is 31.9. The van der Waals surface area contributed by atoms with Gasteiger partial charge in [-0.1, -0.05) is 56.7 Å². The van der Waals surface area contributed by atoms with Gasteiger partial charge in [-0.05, 0) is 213 Å². The summed E-state index contributed by atoms with van der Waals surface area (Å²) in [4.78, 5) is 119. The van der Waals surface area contributed by atoms with Crippen molar-refractivity contribution in [3.05, 3.63) is 174 Å². The first kappa shape index (κ1) is 110. The molecule has 3 aliphatic rings. The highest BCUT2D eigenvalue weighted by Gasteiger charge is 2.39. The third kappa shape index (κ3) is 28.9. The number of carbonyl (C=O) groups is 5. The molecular weight excluding hydrogens is 2090 g/mol. The lowest BCUT2D eigenvalue weighted by Crippen LogP contribution is -2.44. The number of hydrogen-bond donors (Lipinski definition) is 11. The van der Waals surface area contributed by atoms with Crippen molar-refractivity contribution in [1.29, 1.82) is 0 Å². The van der Waals surface area contributed by atoms with Gasteiger partial charge < -0.3 is 109 Å². The highest BCUT2D eigenvalue weighted by Crippen LogP contribution is 2.47. The Morgan fingerprint density at radius 1 is 0.358 bits per heavy atom. The number of benzene rings is 5. The van der Waals surface area contributed by atoms with E-state index in [0.29, 0.717) is 106 Å². The van der Waals surface area contributed by atoms with E-state index in [1.807, 2.05) is 124 Å². The van der Waals surface area contributed by atoms with Gasteiger partial charge in [0.2, 0.25) is 29.5 Å². The van der Waals surface area contributed by atoms with Gasteiger partial charge in [-0.3, -0.25) is 24.0 Å². The Morgan fingerprint density at radius 3 is 0.892 bits per heavy atom. The van der Waals surface area contributed by atoms with E-state index in [4.69, 9.17) is 93.0 Å². The number of nitrogens with one attached hydrogen (secondary N) is 5. The normalized spacial score (nSPS) is 13.1. The van der Waals surface area contributed by atoms with Crippen LogP contribution in [0.1, 0.15) is 168 Å². The van der Waals surface area contributed by atoms with E-state index in [1.165, 1.54) is 102 Å². The Balaban J connectivity index is 0.000000146. The zero-order chi connectivity index (χ0) is 106. The number of nitrogens with zero attached hydrogens (tertiary/aromatic N) is 15. The molecule has 5 amide bonds. The molecule has 13 heterocycles. The summed E-state index contributed by atoms with van der Waals surface area (Å²) in [5.74, 6) is 0.429. The topological polar surface area (TPSA) is 493 Å². The van der Waals surface area contributed by atoms with Gasteiger partial charge in [0.1, 0.15) is 28.7 Å². The van der Waals surface area contributed by atoms with E-state index in [0.717, 1.165) is 160 Å². The number of rotatable bonds is 33. The molecule has 17 N–H and O–H groups in total. The number of primary amides is 5. The van der Waals surface area contributed by atoms with Crippen LogP contribution in [0.4, 0.5) is 92.9 Å². The van der Waals surface area contributed by atoms with Gasteiger partial charge in [-0.2, -0.15) is 13.2 Å². The van der Waals surface area contributed by atoms with Gasteiger partial charge in [0.15, 0.2) is 57.0 Å². The molecule has 0 bridgehead atoms. The second-order valence-corrected chi connectivity index (χ2v) is 44.6. The van der Waals surface area contributed by atoms with Crippen LogP contribution in [0, 0.1) is 27.7 Å². The van der Waals surface area contributed by atoms with Gasteiger partial charge in [-0.25, -0.2) is 49.8 Å². The van der Waals surface area contributed by atoms with Crippen molar-refractivity contribution in [1.82, 2.24) is 54.7 Å². The van der Waals surface area contributed by atoms with Gasteiger partial charge in [-0.15, -0.1) is 56.7 Å². The lowest BCUT2D eigenvalue weighted by molar-refractivity contribution is -0.140. The summed E-state index contributed by atoms with van der Waals surface area (Å²) >= 11 is 14.5. The fourth-order valence-corrected chi connectivity index (χ4v) is 24.0. The van der Waals surface area contributed by atoms with Crippen LogP contribution in [0.2, 0.25) is 0 Å². The van der Waals surface area contributed by atoms with Gasteiger partial charge in [0, 0.05) is 121 Å². The van der Waals surface area contributed by atoms with E-state index in [1.54, 1.807) is 124 Å². The van der Waals surface area contributed by atoms with Gasteiger partial charge >= 0.3 is 6.18 Å². The highest BCUT2D eigenvalue weighted by atomic mass is 32.1. The number of aromatic nitrogens is 10. The molecule has 0 aliphatic carbocycles. The van der Waals surface area contributed by atoms with Crippen molar-refractivity contribution in [2.45, 2.75) is 146 Å². The average Bonchev–Trinajstić information content (AvgIpc) is 1.64. The Kier molecular flexibility index (Phi) is 36.9. The molecule has 3 aliphatic heterocycles. The molecule has 3 fully saturated rings. The number of aryl methyl sites for hydroxylation is 4. The number of halogens is 3. The van der Waals surface area contributed by atoms with Gasteiger partial charge in [0.25, 0.3) is 0 Å². The fourth-order valence-electron chi connectivity index (χ4n) is 15.0. The fraction of sp³-hybridized carbons (Fsp3) is 0.343. The number of piperidine rings is 1. The Labute approximate surface area is 894 Å². The van der Waals surface area contributed by atoms with E-state index in [-0.39, 0.29) is 45.7 Å². The number of likely N-dealkylation sites (N-methyl/N-ethyl adjacent to an activating group) is 1. The molecule has 5 aromatic carbocycles. The van der Waals surface area contributed by atoms with E-state index >= 15 is 0 Å². The number of amides is 5. The number of anilines is 15. The average molecular weight is 2210 g/mol. The summed E-state index contributed by atoms with van der Waals surface area (Å²) in [5.41, 5.74) is 43.9. The van der Waals surface area contributed by atoms with Crippen molar-refractivity contribution < 1.29 is 60.8 Å². The predicted octanol–water partition coefficient (Wildman–Crippen LogP) is 21.9. The van der Waals surface area contributed by atoms with Crippen LogP contribution in [0.5, 0.6) is 28.7 Å². The van der Waals surface area contributed by atoms with Crippen LogP contribution in [-0.4, -0.2) is 189 Å². The van der Waals surface area contributed by atoms with Crippen LogP contribution >= 0.6 is 113 Å². The summed E-state index contributed by atoms with van der Waals surface area (Å²) in [7, 11) is 7.53. The predicted molar refractivity (Wildman–Crippen MR) is 597 cm³/mol. The van der Waals surface area contributed by atoms with Crippen molar-refractivity contribution in [3.63, 3.8) is 0 Å². The monoisotopic (exact) mass is 2200 g/mol. The third-order valence-electron chi connectivity index (χ3n) is 22.1. The quantitative estimate of drug-likeness (QED) is 0.0182. The van der Waals surface area contributed by atoms with Crippen LogP contribution in [0.3, 0.4) is 0 Å². The number of nitrogen functional groups attached to an aromatic ring is 1. The largest absolute Gasteiger partial charge is 0.495 e. The maximum Gasteiger partial charge on any atom is 0.434 e. The molecule has 0 atom stereocenters. The van der Waals surface area contributed by atoms with Crippen molar-refractivity contribution in [2.75, 3.05) is 133 Å². The maximum absolute atomic E-state index is 13.1. The number of alkyl halides is 3. The minimum atomic E-state index is -4.64. The molecule has 0 unspecified atom stereocenters. The van der Waals surface area contributed by atoms with Crippen molar-refractivity contribution >= 4 is 223 Å². The minimum Gasteiger partial charge on any atom is -0.495 e. The lowest BCUT2D eigenvalue weighted by Gasteiger charge is -2.32. The van der Waals surface area contributed by atoms with E-state index < -0.39 is 41.4 Å². The number of ether oxygens (including phenoxy) is 5. The molecule has 148 heavy (non-hydrogen) atoms. The van der Waals surface area contributed by atoms with E-state index in [2.05, 4.69) is 68.2 Å². The number of carbonyl (C=O) groups excluding carboxylic acids is 5. The molecule has 3 saturated heterocycles. The zero-order valence-electron chi connectivity index (χ0n) is 84.0. The molecule has 0 radical (unpaired) electrons. The molecular formula is C99H115F3N26O10S10. The van der Waals surface area contributed by atoms with Crippen LogP contribution < -0.4 is 104 Å². The molecule has 18 rings (SSSR count). The summed E-state index contributed by atoms with van der Waals surface area (Å²) in [6, 6.07) is 25.0.